The van der Waals surface area contributed by atoms with Gasteiger partial charge in [0.05, 0.1) is 0 Å². The van der Waals surface area contributed by atoms with Crippen LogP contribution in [0.5, 0.6) is 5.75 Å². The molecule has 7 heteroatoms. The van der Waals surface area contributed by atoms with Gasteiger partial charge in [-0.15, -0.1) is 0 Å². The molecule has 1 rings (SSSR count). The third-order valence-corrected chi connectivity index (χ3v) is 3.46. The molecule has 0 fully saturated rings. The van der Waals surface area contributed by atoms with Crippen molar-refractivity contribution >= 4 is 10.2 Å². The molecule has 0 unspecified atom stereocenters. The lowest BCUT2D eigenvalue weighted by atomic mass is 10.3. The molecule has 1 aromatic rings. The van der Waals surface area contributed by atoms with Crippen LogP contribution in [0.4, 0.5) is 4.39 Å². The number of nitrogens with zero attached hydrogens (tertiary/aromatic N) is 1. The summed E-state index contributed by atoms with van der Waals surface area (Å²) >= 11 is 0. The van der Waals surface area contributed by atoms with Crippen molar-refractivity contribution in [2.45, 2.75) is 0 Å². The zero-order chi connectivity index (χ0) is 12.9. The highest BCUT2D eigenvalue weighted by Gasteiger charge is 2.11. The lowest BCUT2D eigenvalue weighted by Gasteiger charge is -2.12. The summed E-state index contributed by atoms with van der Waals surface area (Å²) in [6, 6.07) is 5.67. The van der Waals surface area contributed by atoms with Crippen LogP contribution in [0.3, 0.4) is 0 Å². The minimum atomic E-state index is -3.43. The number of ether oxygens (including phenoxy) is 1. The fourth-order valence-corrected chi connectivity index (χ4v) is 1.62. The van der Waals surface area contributed by atoms with E-state index in [-0.39, 0.29) is 13.2 Å². The van der Waals surface area contributed by atoms with E-state index >= 15 is 0 Å². The highest BCUT2D eigenvalue weighted by atomic mass is 32.2. The van der Waals surface area contributed by atoms with Gasteiger partial charge in [-0.1, -0.05) is 6.07 Å². The smallest absolute Gasteiger partial charge is 0.279 e. The molecule has 17 heavy (non-hydrogen) atoms. The van der Waals surface area contributed by atoms with E-state index in [9.17, 15) is 12.8 Å². The van der Waals surface area contributed by atoms with Gasteiger partial charge < -0.3 is 4.74 Å². The Hall–Kier alpha value is -1.18. The molecule has 0 spiro atoms. The molecule has 0 aliphatic carbocycles. The van der Waals surface area contributed by atoms with Crippen LogP contribution in [-0.4, -0.2) is 40.0 Å². The van der Waals surface area contributed by atoms with E-state index in [1.54, 1.807) is 6.07 Å². The number of nitrogens with one attached hydrogen (secondary N) is 1. The van der Waals surface area contributed by atoms with Crippen molar-refractivity contribution in [2.75, 3.05) is 27.2 Å². The first kappa shape index (κ1) is 13.9. The van der Waals surface area contributed by atoms with Gasteiger partial charge in [0, 0.05) is 26.7 Å². The van der Waals surface area contributed by atoms with Crippen molar-refractivity contribution in [1.29, 1.82) is 0 Å². The Balaban J connectivity index is 2.35. The topological polar surface area (TPSA) is 58.6 Å². The quantitative estimate of drug-likeness (QED) is 0.764. The van der Waals surface area contributed by atoms with Crippen molar-refractivity contribution in [2.24, 2.45) is 0 Å². The van der Waals surface area contributed by atoms with Crippen molar-refractivity contribution < 1.29 is 17.5 Å². The van der Waals surface area contributed by atoms with Crippen LogP contribution >= 0.6 is 0 Å². The maximum Gasteiger partial charge on any atom is 0.279 e. The predicted octanol–water partition coefficient (Wildman–Crippen LogP) is 0.601. The van der Waals surface area contributed by atoms with Gasteiger partial charge in [-0.25, -0.2) is 4.39 Å². The standard InChI is InChI=1S/C10H15FN2O3S/c1-13(2)17(14,15)12-6-7-16-10-5-3-4-9(11)8-10/h3-5,8,12H,6-7H2,1-2H3. The minimum absolute atomic E-state index is 0.122. The van der Waals surface area contributed by atoms with Crippen LogP contribution in [0, 0.1) is 5.82 Å². The first-order chi connectivity index (χ1) is 7.92. The van der Waals surface area contributed by atoms with Gasteiger partial charge in [-0.2, -0.15) is 17.4 Å². The SMILES string of the molecule is CN(C)S(=O)(=O)NCCOc1cccc(F)c1. The summed E-state index contributed by atoms with van der Waals surface area (Å²) in [5.74, 6) is -0.0228. The monoisotopic (exact) mass is 262 g/mol. The Bertz CT molecular complexity index is 462. The van der Waals surface area contributed by atoms with Crippen LogP contribution in [0.15, 0.2) is 24.3 Å². The first-order valence-electron chi connectivity index (χ1n) is 4.97. The summed E-state index contributed by atoms with van der Waals surface area (Å²) in [5, 5.41) is 0. The summed E-state index contributed by atoms with van der Waals surface area (Å²) in [4.78, 5) is 0. The second kappa shape index (κ2) is 5.95. The molecule has 5 nitrogen and oxygen atoms in total. The van der Waals surface area contributed by atoms with Crippen LogP contribution < -0.4 is 9.46 Å². The molecule has 0 radical (unpaired) electrons. The number of hydrogen-bond donors (Lipinski definition) is 1. The van der Waals surface area contributed by atoms with E-state index < -0.39 is 16.0 Å². The highest BCUT2D eigenvalue weighted by molar-refractivity contribution is 7.87. The van der Waals surface area contributed by atoms with Gasteiger partial charge in [-0.05, 0) is 12.1 Å². The van der Waals surface area contributed by atoms with Crippen molar-refractivity contribution in [3.05, 3.63) is 30.1 Å². The van der Waals surface area contributed by atoms with Crippen LogP contribution in [0.1, 0.15) is 0 Å². The van der Waals surface area contributed by atoms with Gasteiger partial charge in [0.1, 0.15) is 18.2 Å². The van der Waals surface area contributed by atoms with E-state index in [0.29, 0.717) is 5.75 Å². The molecule has 0 saturated carbocycles. The zero-order valence-electron chi connectivity index (χ0n) is 9.68. The molecule has 0 bridgehead atoms. The number of rotatable bonds is 6. The molecule has 0 amide bonds. The lowest BCUT2D eigenvalue weighted by molar-refractivity contribution is 0.320. The van der Waals surface area contributed by atoms with Crippen LogP contribution in [-0.2, 0) is 10.2 Å². The van der Waals surface area contributed by atoms with Crippen molar-refractivity contribution in [3.63, 3.8) is 0 Å². The summed E-state index contributed by atoms with van der Waals surface area (Å²) in [6.07, 6.45) is 0. The van der Waals surface area contributed by atoms with Gasteiger partial charge in [0.25, 0.3) is 10.2 Å². The predicted molar refractivity (Wildman–Crippen MR) is 62.5 cm³/mol. The maximum absolute atomic E-state index is 12.8. The molecule has 0 aliphatic heterocycles. The number of halogens is 1. The average molecular weight is 262 g/mol. The van der Waals surface area contributed by atoms with E-state index in [1.165, 1.54) is 32.3 Å². The molecule has 0 atom stereocenters. The Morgan fingerprint density at radius 2 is 2.12 bits per heavy atom. The molecular formula is C10H15FN2O3S. The zero-order valence-corrected chi connectivity index (χ0v) is 10.5. The first-order valence-corrected chi connectivity index (χ1v) is 6.41. The fraction of sp³-hybridized carbons (Fsp3) is 0.400. The molecule has 0 heterocycles. The highest BCUT2D eigenvalue weighted by Crippen LogP contribution is 2.11. The average Bonchev–Trinajstić information content (AvgIpc) is 2.24. The van der Waals surface area contributed by atoms with Gasteiger partial charge in [0.2, 0.25) is 0 Å². The summed E-state index contributed by atoms with van der Waals surface area (Å²) in [7, 11) is -0.579. The Morgan fingerprint density at radius 1 is 1.41 bits per heavy atom. The molecule has 1 N–H and O–H groups in total. The number of benzene rings is 1. The third-order valence-electron chi connectivity index (χ3n) is 1.93. The van der Waals surface area contributed by atoms with Crippen LogP contribution in [0.25, 0.3) is 0 Å². The molecule has 96 valence electrons. The number of hydrogen-bond acceptors (Lipinski definition) is 3. The second-order valence-electron chi connectivity index (χ2n) is 3.49. The van der Waals surface area contributed by atoms with E-state index in [2.05, 4.69) is 4.72 Å². The maximum atomic E-state index is 12.8. The van der Waals surface area contributed by atoms with Gasteiger partial charge in [-0.3, -0.25) is 0 Å². The molecular weight excluding hydrogens is 247 g/mol. The van der Waals surface area contributed by atoms with Crippen molar-refractivity contribution in [3.8, 4) is 5.75 Å². The Morgan fingerprint density at radius 3 is 2.71 bits per heavy atom. The normalized spacial score (nSPS) is 11.8. The van der Waals surface area contributed by atoms with E-state index in [1.807, 2.05) is 0 Å². The fourth-order valence-electron chi connectivity index (χ4n) is 1.03. The largest absolute Gasteiger partial charge is 0.492 e. The molecule has 1 aromatic carbocycles. The summed E-state index contributed by atoms with van der Waals surface area (Å²) < 4.78 is 43.9. The lowest BCUT2D eigenvalue weighted by Crippen LogP contribution is -2.37. The third kappa shape index (κ3) is 4.68. The summed E-state index contributed by atoms with van der Waals surface area (Å²) in [6.45, 7) is 0.257. The minimum Gasteiger partial charge on any atom is -0.492 e. The molecule has 0 aliphatic rings. The van der Waals surface area contributed by atoms with Crippen LogP contribution in [0.2, 0.25) is 0 Å². The second-order valence-corrected chi connectivity index (χ2v) is 5.46. The van der Waals surface area contributed by atoms with Gasteiger partial charge in [0.15, 0.2) is 0 Å². The van der Waals surface area contributed by atoms with Gasteiger partial charge >= 0.3 is 0 Å². The Kier molecular flexibility index (Phi) is 4.86. The molecule has 0 aromatic heterocycles. The van der Waals surface area contributed by atoms with E-state index in [0.717, 1.165) is 4.31 Å². The van der Waals surface area contributed by atoms with Crippen molar-refractivity contribution in [1.82, 2.24) is 9.03 Å². The van der Waals surface area contributed by atoms with E-state index in [4.69, 9.17) is 4.74 Å². The Labute approximate surface area is 100 Å². The molecule has 0 saturated heterocycles. The summed E-state index contributed by atoms with van der Waals surface area (Å²) in [5.41, 5.74) is 0.